The first-order valence-corrected chi connectivity index (χ1v) is 12.0. The minimum atomic E-state index is -0.150. The van der Waals surface area contributed by atoms with E-state index in [1.807, 2.05) is 24.4 Å². The lowest BCUT2D eigenvalue weighted by Gasteiger charge is -2.41. The Morgan fingerprint density at radius 1 is 1.00 bits per heavy atom. The van der Waals surface area contributed by atoms with Gasteiger partial charge >= 0.3 is 0 Å². The Balaban J connectivity index is 1.41. The average Bonchev–Trinajstić information content (AvgIpc) is 3.13. The monoisotopic (exact) mass is 471 g/mol. The summed E-state index contributed by atoms with van der Waals surface area (Å²) in [7, 11) is 0. The number of hydrogen-bond donors (Lipinski definition) is 1. The van der Waals surface area contributed by atoms with Crippen molar-refractivity contribution >= 4 is 23.2 Å². The maximum absolute atomic E-state index is 10.3. The molecule has 4 nitrogen and oxygen atoms in total. The molecule has 32 heavy (non-hydrogen) atoms. The number of nitrogens with zero attached hydrogens (tertiary/aromatic N) is 3. The Labute approximate surface area is 200 Å². The van der Waals surface area contributed by atoms with E-state index in [9.17, 15) is 5.11 Å². The molecule has 0 aliphatic carbocycles. The van der Waals surface area contributed by atoms with Gasteiger partial charge in [0.05, 0.1) is 5.69 Å². The average molecular weight is 472 g/mol. The summed E-state index contributed by atoms with van der Waals surface area (Å²) >= 11 is 12.6. The Bertz CT molecular complexity index is 1050. The number of aliphatic hydroxyl groups is 1. The van der Waals surface area contributed by atoms with Crippen LogP contribution >= 0.6 is 23.2 Å². The third kappa shape index (κ3) is 5.37. The van der Waals surface area contributed by atoms with Crippen LogP contribution in [-0.2, 0) is 19.5 Å². The molecule has 6 heteroatoms. The molecule has 1 fully saturated rings. The van der Waals surface area contributed by atoms with Crippen molar-refractivity contribution in [3.8, 4) is 0 Å². The summed E-state index contributed by atoms with van der Waals surface area (Å²) in [4.78, 5) is 7.05. The summed E-state index contributed by atoms with van der Waals surface area (Å²) in [5.41, 5.74) is 4.67. The first kappa shape index (κ1) is 23.3. The zero-order valence-corrected chi connectivity index (χ0v) is 20.3. The topological polar surface area (TPSA) is 41.3 Å². The van der Waals surface area contributed by atoms with Gasteiger partial charge in [-0.25, -0.2) is 4.98 Å². The molecule has 1 aromatic heterocycles. The van der Waals surface area contributed by atoms with Crippen LogP contribution in [-0.4, -0.2) is 39.3 Å². The van der Waals surface area contributed by atoms with Crippen LogP contribution in [0.15, 0.2) is 48.7 Å². The molecule has 170 valence electrons. The summed E-state index contributed by atoms with van der Waals surface area (Å²) in [6.45, 7) is 7.92. The van der Waals surface area contributed by atoms with E-state index in [-0.39, 0.29) is 12.0 Å². The number of imidazole rings is 1. The van der Waals surface area contributed by atoms with Crippen LogP contribution in [0.5, 0.6) is 0 Å². The van der Waals surface area contributed by atoms with Crippen molar-refractivity contribution < 1.29 is 5.11 Å². The first-order valence-electron chi connectivity index (χ1n) is 11.2. The fourth-order valence-corrected chi connectivity index (χ4v) is 5.00. The minimum absolute atomic E-state index is 0.150. The molecular formula is C26H31Cl2N3O. The van der Waals surface area contributed by atoms with Gasteiger partial charge < -0.3 is 9.67 Å². The van der Waals surface area contributed by atoms with Crippen LogP contribution in [0.25, 0.3) is 0 Å². The third-order valence-electron chi connectivity index (χ3n) is 6.81. The highest BCUT2D eigenvalue weighted by molar-refractivity contribution is 6.33. The molecule has 3 aromatic rings. The molecule has 4 rings (SSSR count). The second-order valence-corrected chi connectivity index (χ2v) is 10.1. The minimum Gasteiger partial charge on any atom is -0.396 e. The van der Waals surface area contributed by atoms with Gasteiger partial charge in [0.25, 0.3) is 0 Å². The van der Waals surface area contributed by atoms with Gasteiger partial charge in [0.2, 0.25) is 0 Å². The molecule has 2 aromatic carbocycles. The van der Waals surface area contributed by atoms with Crippen molar-refractivity contribution in [3.05, 3.63) is 86.9 Å². The van der Waals surface area contributed by atoms with Gasteiger partial charge in [0.15, 0.2) is 0 Å². The lowest BCUT2D eigenvalue weighted by Crippen LogP contribution is -2.43. The number of hydrogen-bond acceptors (Lipinski definition) is 3. The molecule has 0 spiro atoms. The predicted molar refractivity (Wildman–Crippen MR) is 131 cm³/mol. The Kier molecular flexibility index (Phi) is 7.26. The molecule has 1 aliphatic rings. The summed E-state index contributed by atoms with van der Waals surface area (Å²) in [6, 6.07) is 14.3. The Morgan fingerprint density at radius 2 is 1.72 bits per heavy atom. The highest BCUT2D eigenvalue weighted by atomic mass is 35.5. The molecule has 1 saturated heterocycles. The van der Waals surface area contributed by atoms with Crippen molar-refractivity contribution in [1.82, 2.24) is 14.5 Å². The second-order valence-electron chi connectivity index (χ2n) is 9.22. The van der Waals surface area contributed by atoms with E-state index in [1.54, 1.807) is 0 Å². The summed E-state index contributed by atoms with van der Waals surface area (Å²) in [6.07, 6.45) is 4.61. The van der Waals surface area contributed by atoms with Gasteiger partial charge in [0, 0.05) is 35.9 Å². The number of halogens is 2. The standard InChI is InChI=1S/C26H31Cl2N3O/c1-19-3-5-21(6-4-19)16-31-20(2)29-15-24(31)17-30-11-9-26(18-32,10-12-30)14-22-13-23(27)7-8-25(22)28/h3-8,13,15,32H,9-12,14,16-18H2,1-2H3. The van der Waals surface area contributed by atoms with Gasteiger partial charge in [-0.1, -0.05) is 53.0 Å². The zero-order valence-electron chi connectivity index (χ0n) is 18.8. The largest absolute Gasteiger partial charge is 0.396 e. The highest BCUT2D eigenvalue weighted by Gasteiger charge is 2.35. The first-order chi connectivity index (χ1) is 15.4. The van der Waals surface area contributed by atoms with E-state index >= 15 is 0 Å². The summed E-state index contributed by atoms with van der Waals surface area (Å²) < 4.78 is 2.31. The number of aromatic nitrogens is 2. The van der Waals surface area contributed by atoms with E-state index in [2.05, 4.69) is 52.6 Å². The number of rotatable bonds is 7. The molecule has 1 aliphatic heterocycles. The Morgan fingerprint density at radius 3 is 2.41 bits per heavy atom. The van der Waals surface area contributed by atoms with Gasteiger partial charge in [0.1, 0.15) is 5.82 Å². The zero-order chi connectivity index (χ0) is 22.7. The van der Waals surface area contributed by atoms with Gasteiger partial charge in [-0.3, -0.25) is 4.90 Å². The molecule has 1 N–H and O–H groups in total. The lowest BCUT2D eigenvalue weighted by molar-refractivity contribution is 0.0406. The van der Waals surface area contributed by atoms with Crippen molar-refractivity contribution in [2.24, 2.45) is 5.41 Å². The van der Waals surface area contributed by atoms with Gasteiger partial charge in [-0.05, 0) is 80.9 Å². The van der Waals surface area contributed by atoms with Gasteiger partial charge in [-0.2, -0.15) is 0 Å². The number of likely N-dealkylation sites (tertiary alicyclic amines) is 1. The maximum Gasteiger partial charge on any atom is 0.106 e. The van der Waals surface area contributed by atoms with E-state index in [4.69, 9.17) is 23.2 Å². The van der Waals surface area contributed by atoms with E-state index in [1.165, 1.54) is 16.8 Å². The molecule has 0 unspecified atom stereocenters. The van der Waals surface area contributed by atoms with Crippen LogP contribution in [0.3, 0.4) is 0 Å². The number of benzene rings is 2. The van der Waals surface area contributed by atoms with Crippen LogP contribution in [0.2, 0.25) is 10.0 Å². The van der Waals surface area contributed by atoms with E-state index in [0.717, 1.165) is 61.9 Å². The lowest BCUT2D eigenvalue weighted by atomic mass is 9.74. The summed E-state index contributed by atoms with van der Waals surface area (Å²) in [5.74, 6) is 1.04. The van der Waals surface area contributed by atoms with Gasteiger partial charge in [-0.15, -0.1) is 0 Å². The van der Waals surface area contributed by atoms with Crippen molar-refractivity contribution in [3.63, 3.8) is 0 Å². The van der Waals surface area contributed by atoms with Crippen molar-refractivity contribution in [2.45, 2.75) is 46.2 Å². The Hall–Kier alpha value is -1.85. The smallest absolute Gasteiger partial charge is 0.106 e. The molecule has 0 radical (unpaired) electrons. The molecule has 0 bridgehead atoms. The molecular weight excluding hydrogens is 441 g/mol. The molecule has 2 heterocycles. The summed E-state index contributed by atoms with van der Waals surface area (Å²) in [5, 5.41) is 11.7. The highest BCUT2D eigenvalue weighted by Crippen LogP contribution is 2.37. The molecule has 0 amide bonds. The molecule has 0 atom stereocenters. The number of aliphatic hydroxyl groups excluding tert-OH is 1. The normalized spacial score (nSPS) is 16.4. The number of piperidine rings is 1. The van der Waals surface area contributed by atoms with Crippen LogP contribution in [0.1, 0.15) is 41.1 Å². The van der Waals surface area contributed by atoms with E-state index < -0.39 is 0 Å². The van der Waals surface area contributed by atoms with Crippen LogP contribution in [0, 0.1) is 19.3 Å². The fourth-order valence-electron chi connectivity index (χ4n) is 4.62. The SMILES string of the molecule is Cc1ccc(Cn2c(CN3CCC(CO)(Cc4cc(Cl)ccc4Cl)CC3)cnc2C)cc1. The van der Waals surface area contributed by atoms with Crippen molar-refractivity contribution in [2.75, 3.05) is 19.7 Å². The predicted octanol–water partition coefficient (Wildman–Crippen LogP) is 5.67. The third-order valence-corrected chi connectivity index (χ3v) is 7.41. The molecule has 0 saturated carbocycles. The second kappa shape index (κ2) is 9.96. The maximum atomic E-state index is 10.3. The van der Waals surface area contributed by atoms with Crippen molar-refractivity contribution in [1.29, 1.82) is 0 Å². The van der Waals surface area contributed by atoms with Crippen LogP contribution < -0.4 is 0 Å². The van der Waals surface area contributed by atoms with E-state index in [0.29, 0.717) is 5.02 Å². The quantitative estimate of drug-likeness (QED) is 0.482. The van der Waals surface area contributed by atoms with Crippen LogP contribution in [0.4, 0.5) is 0 Å². The fraction of sp³-hybridized carbons (Fsp3) is 0.423. The number of aryl methyl sites for hydroxylation is 2.